The number of hydrogen-bond acceptors (Lipinski definition) is 6. The lowest BCUT2D eigenvalue weighted by molar-refractivity contribution is 0.214. The highest BCUT2D eigenvalue weighted by Crippen LogP contribution is 2.24. The smallest absolute Gasteiger partial charge is 0.321 e. The molecule has 0 unspecified atom stereocenters. The average molecular weight is 408 g/mol. The van der Waals surface area contributed by atoms with Crippen LogP contribution in [-0.4, -0.2) is 62.1 Å². The number of benzene rings is 1. The maximum absolute atomic E-state index is 13.0. The van der Waals surface area contributed by atoms with E-state index in [1.54, 1.807) is 50.1 Å². The van der Waals surface area contributed by atoms with Crippen LogP contribution in [0.15, 0.2) is 33.7 Å². The normalized spacial score (nSPS) is 15.9. The molecule has 28 heavy (non-hydrogen) atoms. The molecule has 1 saturated heterocycles. The molecular formula is C18H24N4O5S. The van der Waals surface area contributed by atoms with E-state index >= 15 is 0 Å². The van der Waals surface area contributed by atoms with E-state index in [0.29, 0.717) is 43.2 Å². The third-order valence-electron chi connectivity index (χ3n) is 4.63. The fourth-order valence-electron chi connectivity index (χ4n) is 3.21. The van der Waals surface area contributed by atoms with Crippen molar-refractivity contribution in [3.8, 4) is 5.75 Å². The zero-order valence-corrected chi connectivity index (χ0v) is 17.0. The van der Waals surface area contributed by atoms with Crippen LogP contribution in [-0.2, 0) is 10.0 Å². The number of amides is 2. The topological polar surface area (TPSA) is 105 Å². The van der Waals surface area contributed by atoms with Crippen LogP contribution < -0.4 is 10.1 Å². The fraction of sp³-hybridized carbons (Fsp3) is 0.444. The summed E-state index contributed by atoms with van der Waals surface area (Å²) in [5, 5.41) is 6.57. The molecule has 10 heteroatoms. The molecule has 0 atom stereocenters. The highest BCUT2D eigenvalue weighted by Gasteiger charge is 2.32. The highest BCUT2D eigenvalue weighted by molar-refractivity contribution is 7.89. The monoisotopic (exact) mass is 408 g/mol. The molecule has 1 fully saturated rings. The molecule has 1 aliphatic heterocycles. The van der Waals surface area contributed by atoms with E-state index in [2.05, 4.69) is 10.5 Å². The summed E-state index contributed by atoms with van der Waals surface area (Å²) in [4.78, 5) is 14.3. The SMILES string of the molecule is COc1cccc(NC(=O)N2CCCN(S(=O)(=O)c3c(C)noc3C)CC2)c1. The molecule has 2 heterocycles. The van der Waals surface area contributed by atoms with Crippen LogP contribution in [0.4, 0.5) is 10.5 Å². The van der Waals surface area contributed by atoms with E-state index in [-0.39, 0.29) is 23.2 Å². The first-order chi connectivity index (χ1) is 13.3. The quantitative estimate of drug-likeness (QED) is 0.832. The summed E-state index contributed by atoms with van der Waals surface area (Å²) in [6, 6.07) is 6.80. The molecule has 2 amide bonds. The minimum atomic E-state index is -3.72. The minimum Gasteiger partial charge on any atom is -0.497 e. The van der Waals surface area contributed by atoms with Gasteiger partial charge in [-0.2, -0.15) is 4.31 Å². The number of methoxy groups -OCH3 is 1. The lowest BCUT2D eigenvalue weighted by Crippen LogP contribution is -2.39. The summed E-state index contributed by atoms with van der Waals surface area (Å²) in [5.41, 5.74) is 0.961. The Labute approximate surface area is 164 Å². The van der Waals surface area contributed by atoms with Crippen LogP contribution in [0.25, 0.3) is 0 Å². The maximum Gasteiger partial charge on any atom is 0.321 e. The average Bonchev–Trinajstić information content (AvgIpc) is 2.87. The fourth-order valence-corrected chi connectivity index (χ4v) is 4.97. The summed E-state index contributed by atoms with van der Waals surface area (Å²) in [6.07, 6.45) is 0.536. The second kappa shape index (κ2) is 8.19. The number of urea groups is 1. The molecule has 1 N–H and O–H groups in total. The summed E-state index contributed by atoms with van der Waals surface area (Å²) in [5.74, 6) is 0.916. The van der Waals surface area contributed by atoms with Gasteiger partial charge in [0.05, 0.1) is 7.11 Å². The number of ether oxygens (including phenoxy) is 1. The second-order valence-corrected chi connectivity index (χ2v) is 8.43. The molecule has 9 nitrogen and oxygen atoms in total. The van der Waals surface area contributed by atoms with E-state index in [1.807, 2.05) is 0 Å². The van der Waals surface area contributed by atoms with Crippen molar-refractivity contribution in [3.63, 3.8) is 0 Å². The second-order valence-electron chi connectivity index (χ2n) is 6.56. The summed E-state index contributed by atoms with van der Waals surface area (Å²) >= 11 is 0. The summed E-state index contributed by atoms with van der Waals surface area (Å²) < 4.78 is 37.5. The van der Waals surface area contributed by atoms with E-state index in [9.17, 15) is 13.2 Å². The number of hydrogen-bond donors (Lipinski definition) is 1. The molecule has 0 spiro atoms. The highest BCUT2D eigenvalue weighted by atomic mass is 32.2. The van der Waals surface area contributed by atoms with Crippen molar-refractivity contribution in [2.24, 2.45) is 0 Å². The van der Waals surface area contributed by atoms with Gasteiger partial charge in [-0.15, -0.1) is 0 Å². The number of anilines is 1. The summed E-state index contributed by atoms with van der Waals surface area (Å²) in [6.45, 7) is 4.47. The van der Waals surface area contributed by atoms with Gasteiger partial charge >= 0.3 is 6.03 Å². The van der Waals surface area contributed by atoms with E-state index < -0.39 is 10.0 Å². The van der Waals surface area contributed by atoms with Crippen molar-refractivity contribution >= 4 is 21.7 Å². The Hall–Kier alpha value is -2.59. The lowest BCUT2D eigenvalue weighted by atomic mass is 10.3. The predicted octanol–water partition coefficient (Wildman–Crippen LogP) is 2.23. The number of aromatic nitrogens is 1. The van der Waals surface area contributed by atoms with Crippen molar-refractivity contribution in [2.75, 3.05) is 38.6 Å². The van der Waals surface area contributed by atoms with Crippen LogP contribution in [0, 0.1) is 13.8 Å². The minimum absolute atomic E-state index is 0.113. The van der Waals surface area contributed by atoms with Crippen molar-refractivity contribution in [3.05, 3.63) is 35.7 Å². The molecular weight excluding hydrogens is 384 g/mol. The van der Waals surface area contributed by atoms with Gasteiger partial charge in [0, 0.05) is 37.9 Å². The predicted molar refractivity (Wildman–Crippen MR) is 103 cm³/mol. The molecule has 2 aromatic rings. The Morgan fingerprint density at radius 2 is 2.00 bits per heavy atom. The Balaban J connectivity index is 1.68. The number of carbonyl (C=O) groups excluding carboxylic acids is 1. The van der Waals surface area contributed by atoms with Crippen LogP contribution in [0.2, 0.25) is 0 Å². The van der Waals surface area contributed by atoms with Crippen LogP contribution >= 0.6 is 0 Å². The number of nitrogens with zero attached hydrogens (tertiary/aromatic N) is 3. The molecule has 0 radical (unpaired) electrons. The third kappa shape index (κ3) is 4.12. The van der Waals surface area contributed by atoms with Gasteiger partial charge in [-0.1, -0.05) is 11.2 Å². The largest absolute Gasteiger partial charge is 0.497 e. The van der Waals surface area contributed by atoms with E-state index in [4.69, 9.17) is 9.26 Å². The molecule has 1 aliphatic rings. The Morgan fingerprint density at radius 3 is 2.68 bits per heavy atom. The maximum atomic E-state index is 13.0. The zero-order valence-electron chi connectivity index (χ0n) is 16.1. The number of nitrogens with one attached hydrogen (secondary N) is 1. The van der Waals surface area contributed by atoms with Gasteiger partial charge in [-0.05, 0) is 32.4 Å². The Bertz CT molecular complexity index is 937. The number of sulfonamides is 1. The van der Waals surface area contributed by atoms with Gasteiger partial charge in [-0.3, -0.25) is 0 Å². The van der Waals surface area contributed by atoms with E-state index in [0.717, 1.165) is 0 Å². The van der Waals surface area contributed by atoms with Gasteiger partial charge in [0.25, 0.3) is 0 Å². The molecule has 1 aromatic carbocycles. The van der Waals surface area contributed by atoms with Crippen LogP contribution in [0.3, 0.4) is 0 Å². The summed E-state index contributed by atoms with van der Waals surface area (Å²) in [7, 11) is -2.16. The molecule has 0 saturated carbocycles. The van der Waals surface area contributed by atoms with Crippen LogP contribution in [0.1, 0.15) is 17.9 Å². The molecule has 3 rings (SSSR count). The molecule has 0 aliphatic carbocycles. The van der Waals surface area contributed by atoms with Crippen molar-refractivity contribution in [1.29, 1.82) is 0 Å². The Morgan fingerprint density at radius 1 is 1.21 bits per heavy atom. The van der Waals surface area contributed by atoms with Crippen molar-refractivity contribution in [1.82, 2.24) is 14.4 Å². The Kier molecular flexibility index (Phi) is 5.90. The standard InChI is InChI=1S/C18H24N4O5S/c1-13-17(14(2)27-20-13)28(24,25)22-9-5-8-21(10-11-22)18(23)19-15-6-4-7-16(12-15)26-3/h4,6-7,12H,5,8-11H2,1-3H3,(H,19,23). The molecule has 0 bridgehead atoms. The van der Waals surface area contributed by atoms with Crippen molar-refractivity contribution < 1.29 is 22.5 Å². The van der Waals surface area contributed by atoms with Gasteiger partial charge in [0.15, 0.2) is 5.76 Å². The van der Waals surface area contributed by atoms with Gasteiger partial charge in [-0.25, -0.2) is 13.2 Å². The lowest BCUT2D eigenvalue weighted by Gasteiger charge is -2.22. The first-order valence-electron chi connectivity index (χ1n) is 8.96. The van der Waals surface area contributed by atoms with Gasteiger partial charge in [0.2, 0.25) is 10.0 Å². The number of rotatable bonds is 4. The first kappa shape index (κ1) is 20.2. The van der Waals surface area contributed by atoms with Crippen molar-refractivity contribution in [2.45, 2.75) is 25.2 Å². The molecule has 152 valence electrons. The third-order valence-corrected chi connectivity index (χ3v) is 6.77. The zero-order chi connectivity index (χ0) is 20.3. The van der Waals surface area contributed by atoms with Crippen LogP contribution in [0.5, 0.6) is 5.75 Å². The van der Waals surface area contributed by atoms with Gasteiger partial charge in [0.1, 0.15) is 16.3 Å². The first-order valence-corrected chi connectivity index (χ1v) is 10.4. The number of aryl methyl sites for hydroxylation is 2. The van der Waals surface area contributed by atoms with Gasteiger partial charge < -0.3 is 19.5 Å². The van der Waals surface area contributed by atoms with E-state index in [1.165, 1.54) is 4.31 Å². The molecule has 1 aromatic heterocycles. The number of carbonyl (C=O) groups is 1.